The lowest BCUT2D eigenvalue weighted by atomic mass is 10.2. The SMILES string of the molecule is CCCCCNC(=O)NNC(=O)CCNC(C=O)N1CCN(CC(=O)O)CCN(CC(=O)O)CCN(CC(=O)O)CC1. The first kappa shape index (κ1) is 36.6. The first-order valence-corrected chi connectivity index (χ1v) is 14.1. The average Bonchev–Trinajstić information content (AvgIpc) is 2.92. The van der Waals surface area contributed by atoms with Crippen LogP contribution in [-0.2, 0) is 24.0 Å². The number of carboxylic acids is 3. The predicted octanol–water partition coefficient (Wildman–Crippen LogP) is -2.51. The second-order valence-electron chi connectivity index (χ2n) is 9.97. The Morgan fingerprint density at radius 1 is 0.714 bits per heavy atom. The quantitative estimate of drug-likeness (QED) is 0.0551. The third-order valence-corrected chi connectivity index (χ3v) is 6.56. The van der Waals surface area contributed by atoms with Gasteiger partial charge in [-0.05, 0) is 6.42 Å². The van der Waals surface area contributed by atoms with Gasteiger partial charge in [0.2, 0.25) is 5.91 Å². The number of amides is 3. The lowest BCUT2D eigenvalue weighted by Gasteiger charge is -2.35. The lowest BCUT2D eigenvalue weighted by Crippen LogP contribution is -2.54. The summed E-state index contributed by atoms with van der Waals surface area (Å²) in [5.74, 6) is -3.62. The molecule has 1 aliphatic heterocycles. The number of carboxylic acid groups (broad SMARTS) is 3. The second-order valence-corrected chi connectivity index (χ2v) is 9.97. The van der Waals surface area contributed by atoms with Gasteiger partial charge in [0.15, 0.2) is 6.29 Å². The van der Waals surface area contributed by atoms with Crippen molar-refractivity contribution in [2.45, 2.75) is 38.8 Å². The molecule has 0 bridgehead atoms. The number of unbranched alkanes of at least 4 members (excludes halogenated alkanes) is 2. The molecule has 3 amide bonds. The Bertz CT molecular complexity index is 847. The fourth-order valence-corrected chi connectivity index (χ4v) is 4.29. The summed E-state index contributed by atoms with van der Waals surface area (Å²) in [6.45, 7) is 3.81. The van der Waals surface area contributed by atoms with E-state index >= 15 is 0 Å². The zero-order valence-electron chi connectivity index (χ0n) is 24.3. The van der Waals surface area contributed by atoms with E-state index in [0.29, 0.717) is 12.8 Å². The molecule has 1 saturated heterocycles. The van der Waals surface area contributed by atoms with Crippen LogP contribution in [0.15, 0.2) is 0 Å². The van der Waals surface area contributed by atoms with Gasteiger partial charge in [0.25, 0.3) is 0 Å². The zero-order valence-corrected chi connectivity index (χ0v) is 24.3. The van der Waals surface area contributed by atoms with Crippen molar-refractivity contribution in [3.63, 3.8) is 0 Å². The van der Waals surface area contributed by atoms with E-state index in [0.717, 1.165) is 19.3 Å². The van der Waals surface area contributed by atoms with E-state index in [9.17, 15) is 44.1 Å². The molecule has 42 heavy (non-hydrogen) atoms. The maximum atomic E-state index is 12.1. The van der Waals surface area contributed by atoms with Gasteiger partial charge in [-0.2, -0.15) is 0 Å². The third kappa shape index (κ3) is 17.4. The molecule has 1 fully saturated rings. The summed E-state index contributed by atoms with van der Waals surface area (Å²) >= 11 is 0. The summed E-state index contributed by atoms with van der Waals surface area (Å²) in [5.41, 5.74) is 4.56. The number of rotatable bonds is 16. The molecule has 0 radical (unpaired) electrons. The first-order valence-electron chi connectivity index (χ1n) is 14.1. The fourth-order valence-electron chi connectivity index (χ4n) is 4.29. The molecule has 0 aromatic rings. The van der Waals surface area contributed by atoms with Crippen molar-refractivity contribution in [1.82, 2.24) is 41.1 Å². The van der Waals surface area contributed by atoms with E-state index < -0.39 is 36.0 Å². The van der Waals surface area contributed by atoms with Crippen LogP contribution in [0.4, 0.5) is 4.79 Å². The van der Waals surface area contributed by atoms with Crippen molar-refractivity contribution in [2.24, 2.45) is 0 Å². The average molecular weight is 603 g/mol. The number of hydrogen-bond donors (Lipinski definition) is 7. The van der Waals surface area contributed by atoms with Gasteiger partial charge in [-0.3, -0.25) is 49.5 Å². The van der Waals surface area contributed by atoms with Crippen LogP contribution in [0.25, 0.3) is 0 Å². The van der Waals surface area contributed by atoms with Gasteiger partial charge < -0.3 is 25.4 Å². The highest BCUT2D eigenvalue weighted by Gasteiger charge is 2.23. The largest absolute Gasteiger partial charge is 0.480 e. The molecule has 1 aliphatic rings. The van der Waals surface area contributed by atoms with Crippen LogP contribution >= 0.6 is 0 Å². The maximum absolute atomic E-state index is 12.1. The molecule has 17 nitrogen and oxygen atoms in total. The van der Waals surface area contributed by atoms with Crippen molar-refractivity contribution < 1.29 is 44.1 Å². The smallest absolute Gasteiger partial charge is 0.333 e. The molecule has 0 saturated carbocycles. The van der Waals surface area contributed by atoms with Crippen LogP contribution in [0.2, 0.25) is 0 Å². The number of urea groups is 1. The minimum absolute atomic E-state index is 0.0516. The van der Waals surface area contributed by atoms with E-state index in [1.54, 1.807) is 19.6 Å². The molecule has 0 aromatic heterocycles. The van der Waals surface area contributed by atoms with Crippen molar-refractivity contribution in [1.29, 1.82) is 0 Å². The monoisotopic (exact) mass is 602 g/mol. The highest BCUT2D eigenvalue weighted by atomic mass is 16.4. The topological polar surface area (TPSA) is 224 Å². The molecule has 7 N–H and O–H groups in total. The number of hydrogen-bond acceptors (Lipinski definition) is 11. The van der Waals surface area contributed by atoms with Crippen molar-refractivity contribution in [2.75, 3.05) is 85.1 Å². The lowest BCUT2D eigenvalue weighted by molar-refractivity contribution is -0.140. The van der Waals surface area contributed by atoms with Gasteiger partial charge in [0.1, 0.15) is 6.17 Å². The molecule has 1 rings (SSSR count). The van der Waals surface area contributed by atoms with Crippen molar-refractivity contribution in [3.8, 4) is 0 Å². The molecule has 0 aliphatic carbocycles. The molecule has 0 spiro atoms. The van der Waals surface area contributed by atoms with Gasteiger partial charge in [-0.1, -0.05) is 19.8 Å². The summed E-state index contributed by atoms with van der Waals surface area (Å²) in [7, 11) is 0. The summed E-state index contributed by atoms with van der Waals surface area (Å²) in [5, 5.41) is 33.6. The fraction of sp³-hybridized carbons (Fsp3) is 0.760. The Morgan fingerprint density at radius 2 is 1.19 bits per heavy atom. The highest BCUT2D eigenvalue weighted by molar-refractivity contribution is 5.81. The molecule has 0 aromatic carbocycles. The molecule has 1 atom stereocenters. The van der Waals surface area contributed by atoms with E-state index in [1.807, 2.05) is 6.92 Å². The Hall–Kier alpha value is -3.38. The van der Waals surface area contributed by atoms with E-state index in [2.05, 4.69) is 21.5 Å². The van der Waals surface area contributed by atoms with Crippen LogP contribution < -0.4 is 21.5 Å². The van der Waals surface area contributed by atoms with Crippen LogP contribution in [0.5, 0.6) is 0 Å². The predicted molar refractivity (Wildman–Crippen MR) is 150 cm³/mol. The highest BCUT2D eigenvalue weighted by Crippen LogP contribution is 2.03. The Kier molecular flexibility index (Phi) is 18.6. The third-order valence-electron chi connectivity index (χ3n) is 6.56. The van der Waals surface area contributed by atoms with E-state index in [4.69, 9.17) is 0 Å². The number of carbonyl (C=O) groups excluding carboxylic acids is 3. The number of hydrazine groups is 1. The van der Waals surface area contributed by atoms with Crippen LogP contribution in [0.3, 0.4) is 0 Å². The second kappa shape index (κ2) is 21.3. The van der Waals surface area contributed by atoms with E-state index in [1.165, 1.54) is 0 Å². The molecule has 17 heteroatoms. The summed E-state index contributed by atoms with van der Waals surface area (Å²) < 4.78 is 0. The Labute approximate surface area is 245 Å². The number of aldehydes is 1. The number of nitrogens with zero attached hydrogens (tertiary/aromatic N) is 4. The van der Waals surface area contributed by atoms with Gasteiger partial charge in [0, 0.05) is 71.9 Å². The van der Waals surface area contributed by atoms with Crippen LogP contribution in [0.1, 0.15) is 32.6 Å². The minimum atomic E-state index is -1.05. The molecule has 1 heterocycles. The molecule has 240 valence electrons. The van der Waals surface area contributed by atoms with Gasteiger partial charge in [0.05, 0.1) is 19.6 Å². The maximum Gasteiger partial charge on any atom is 0.333 e. The zero-order chi connectivity index (χ0) is 31.3. The van der Waals surface area contributed by atoms with E-state index in [-0.39, 0.29) is 85.0 Å². The van der Waals surface area contributed by atoms with Crippen LogP contribution in [0, 0.1) is 0 Å². The van der Waals surface area contributed by atoms with Gasteiger partial charge >= 0.3 is 23.9 Å². The van der Waals surface area contributed by atoms with Gasteiger partial charge in [-0.15, -0.1) is 0 Å². The standard InChI is InChI=1S/C25H46N8O9/c1-2-3-4-6-27-25(42)29-28-21(35)5-7-26-20(19-34)33-14-12-31(17-23(38)39)10-8-30(16-22(36)37)9-11-32(13-15-33)18-24(40)41/h19-20,26H,2-18H2,1H3,(H,28,35)(H,36,37)(H,38,39)(H,40,41)(H2,27,29,42). The first-order chi connectivity index (χ1) is 20.0. The van der Waals surface area contributed by atoms with Crippen LogP contribution in [-0.4, -0.2) is 162 Å². The summed E-state index contributed by atoms with van der Waals surface area (Å²) in [6, 6.07) is -0.527. The summed E-state index contributed by atoms with van der Waals surface area (Å²) in [6.07, 6.45) is 2.58. The Morgan fingerprint density at radius 3 is 1.62 bits per heavy atom. The minimum Gasteiger partial charge on any atom is -0.480 e. The molecular weight excluding hydrogens is 556 g/mol. The van der Waals surface area contributed by atoms with Crippen molar-refractivity contribution >= 4 is 36.1 Å². The molecule has 1 unspecified atom stereocenters. The summed E-state index contributed by atoms with van der Waals surface area (Å²) in [4.78, 5) is 76.8. The van der Waals surface area contributed by atoms with Gasteiger partial charge in [-0.25, -0.2) is 10.2 Å². The number of carbonyl (C=O) groups is 6. The van der Waals surface area contributed by atoms with Crippen molar-refractivity contribution in [3.05, 3.63) is 0 Å². The molecular formula is C25H46N8O9. The normalized spacial score (nSPS) is 17.3. The number of aliphatic carboxylic acids is 3. The Balaban J connectivity index is 2.80. The number of nitrogens with one attached hydrogen (secondary N) is 4.